The molecule has 0 radical (unpaired) electrons. The van der Waals surface area contributed by atoms with Crippen molar-refractivity contribution in [3.05, 3.63) is 58.3 Å². The first-order valence-electron chi connectivity index (χ1n) is 9.40. The van der Waals surface area contributed by atoms with E-state index >= 15 is 0 Å². The number of amides is 1. The normalized spacial score (nSPS) is 16.4. The first-order chi connectivity index (χ1) is 13.3. The topological polar surface area (TPSA) is 56.0 Å². The fourth-order valence-corrected chi connectivity index (χ4v) is 4.12. The van der Waals surface area contributed by atoms with E-state index in [4.69, 9.17) is 5.10 Å². The Bertz CT molecular complexity index is 1060. The van der Waals surface area contributed by atoms with Gasteiger partial charge in [0.25, 0.3) is 5.91 Å². The van der Waals surface area contributed by atoms with Crippen LogP contribution in [0.4, 0.5) is 4.39 Å². The Labute approximate surface area is 163 Å². The average Bonchev–Trinajstić information content (AvgIpc) is 3.14. The van der Waals surface area contributed by atoms with Gasteiger partial charge in [0.2, 0.25) is 0 Å². The summed E-state index contributed by atoms with van der Waals surface area (Å²) in [6.07, 6.45) is 2.31. The van der Waals surface area contributed by atoms with Crippen LogP contribution in [-0.4, -0.2) is 36.9 Å². The first-order valence-corrected chi connectivity index (χ1v) is 9.40. The second-order valence-electron chi connectivity index (χ2n) is 7.55. The summed E-state index contributed by atoms with van der Waals surface area (Å²) >= 11 is 0. The fraction of sp³-hybridized carbons (Fsp3) is 0.381. The summed E-state index contributed by atoms with van der Waals surface area (Å²) in [7, 11) is 3.70. The highest BCUT2D eigenvalue weighted by Crippen LogP contribution is 2.36. The van der Waals surface area contributed by atoms with Gasteiger partial charge in [-0.05, 0) is 51.0 Å². The quantitative estimate of drug-likeness (QED) is 0.684. The number of carbonyl (C=O) groups is 1. The summed E-state index contributed by atoms with van der Waals surface area (Å²) in [6.45, 7) is 6.36. The van der Waals surface area contributed by atoms with Crippen molar-refractivity contribution in [1.82, 2.24) is 24.5 Å². The molecule has 3 heterocycles. The molecule has 0 N–H and O–H groups in total. The molecule has 0 fully saturated rings. The molecule has 0 unspecified atom stereocenters. The molecular weight excluding hydrogens is 357 g/mol. The maximum absolute atomic E-state index is 14.0. The number of benzene rings is 1. The predicted octanol–water partition coefficient (Wildman–Crippen LogP) is 3.34. The van der Waals surface area contributed by atoms with Crippen LogP contribution in [0.1, 0.15) is 45.8 Å². The van der Waals surface area contributed by atoms with Gasteiger partial charge in [-0.2, -0.15) is 10.2 Å². The first kappa shape index (κ1) is 18.4. The van der Waals surface area contributed by atoms with Crippen LogP contribution in [0.5, 0.6) is 0 Å². The molecule has 7 heteroatoms. The van der Waals surface area contributed by atoms with Crippen molar-refractivity contribution in [3.63, 3.8) is 0 Å². The average molecular weight is 381 g/mol. The van der Waals surface area contributed by atoms with Gasteiger partial charge in [-0.1, -0.05) is 0 Å². The van der Waals surface area contributed by atoms with Gasteiger partial charge in [0.1, 0.15) is 5.82 Å². The number of hydrogen-bond acceptors (Lipinski definition) is 3. The minimum absolute atomic E-state index is 0.0300. The molecule has 146 valence electrons. The Balaban J connectivity index is 1.73. The van der Waals surface area contributed by atoms with E-state index in [0.717, 1.165) is 33.8 Å². The van der Waals surface area contributed by atoms with E-state index in [2.05, 4.69) is 5.10 Å². The highest BCUT2D eigenvalue weighted by Gasteiger charge is 2.34. The lowest BCUT2D eigenvalue weighted by molar-refractivity contribution is 0.0673. The standard InChI is InChI=1S/C21H24FN5O/c1-12-8-15(10-16(22)9-12)20-17-6-7-27(14(3)19(17)24-26(20)5)21(28)18-11-23-25(4)13(18)2/h8-11,14H,6-7H2,1-5H3/t14-/m0/s1. The van der Waals surface area contributed by atoms with Crippen molar-refractivity contribution >= 4 is 5.91 Å². The molecule has 4 rings (SSSR count). The van der Waals surface area contributed by atoms with Crippen LogP contribution in [0, 0.1) is 19.7 Å². The summed E-state index contributed by atoms with van der Waals surface area (Å²) < 4.78 is 17.5. The zero-order valence-electron chi connectivity index (χ0n) is 16.8. The van der Waals surface area contributed by atoms with Gasteiger partial charge in [0.15, 0.2) is 0 Å². The molecule has 1 aliphatic rings. The molecule has 3 aromatic rings. The highest BCUT2D eigenvalue weighted by atomic mass is 19.1. The van der Waals surface area contributed by atoms with Crippen LogP contribution in [0.25, 0.3) is 11.3 Å². The Morgan fingerprint density at radius 1 is 1.18 bits per heavy atom. The number of aromatic nitrogens is 4. The predicted molar refractivity (Wildman–Crippen MR) is 104 cm³/mol. The number of carbonyl (C=O) groups excluding carboxylic acids is 1. The maximum atomic E-state index is 14.0. The minimum Gasteiger partial charge on any atom is -0.330 e. The fourth-order valence-electron chi connectivity index (χ4n) is 4.12. The van der Waals surface area contributed by atoms with Crippen molar-refractivity contribution in [2.24, 2.45) is 14.1 Å². The zero-order valence-corrected chi connectivity index (χ0v) is 16.8. The van der Waals surface area contributed by atoms with Crippen LogP contribution in [0.15, 0.2) is 24.4 Å². The third-order valence-corrected chi connectivity index (χ3v) is 5.68. The highest BCUT2D eigenvalue weighted by molar-refractivity contribution is 5.95. The smallest absolute Gasteiger partial charge is 0.257 e. The van der Waals surface area contributed by atoms with E-state index < -0.39 is 0 Å². The molecule has 1 aromatic carbocycles. The Hall–Kier alpha value is -2.96. The van der Waals surface area contributed by atoms with Crippen LogP contribution in [0.3, 0.4) is 0 Å². The molecule has 0 aliphatic carbocycles. The molecular formula is C21H24FN5O. The maximum Gasteiger partial charge on any atom is 0.257 e. The van der Waals surface area contributed by atoms with E-state index in [1.807, 2.05) is 45.8 Å². The Morgan fingerprint density at radius 3 is 2.57 bits per heavy atom. The molecule has 0 bridgehead atoms. The summed E-state index contributed by atoms with van der Waals surface area (Å²) in [6, 6.07) is 4.88. The van der Waals surface area contributed by atoms with Crippen LogP contribution < -0.4 is 0 Å². The second-order valence-corrected chi connectivity index (χ2v) is 7.55. The second kappa shape index (κ2) is 6.58. The van der Waals surface area contributed by atoms with Gasteiger partial charge in [0, 0.05) is 37.5 Å². The molecule has 0 saturated carbocycles. The van der Waals surface area contributed by atoms with Crippen LogP contribution in [-0.2, 0) is 20.5 Å². The van der Waals surface area contributed by atoms with Crippen LogP contribution in [0.2, 0.25) is 0 Å². The number of fused-ring (bicyclic) bond motifs is 1. The minimum atomic E-state index is -0.252. The molecule has 1 atom stereocenters. The lowest BCUT2D eigenvalue weighted by Crippen LogP contribution is -2.39. The van der Waals surface area contributed by atoms with Crippen molar-refractivity contribution < 1.29 is 9.18 Å². The summed E-state index contributed by atoms with van der Waals surface area (Å²) in [5.41, 5.74) is 6.05. The third-order valence-electron chi connectivity index (χ3n) is 5.68. The van der Waals surface area contributed by atoms with E-state index in [0.29, 0.717) is 18.5 Å². The lowest BCUT2D eigenvalue weighted by Gasteiger charge is -2.33. The molecule has 1 aliphatic heterocycles. The third kappa shape index (κ3) is 2.82. The molecule has 0 saturated heterocycles. The Kier molecular flexibility index (Phi) is 4.33. The monoisotopic (exact) mass is 381 g/mol. The van der Waals surface area contributed by atoms with Crippen molar-refractivity contribution in [2.45, 2.75) is 33.2 Å². The van der Waals surface area contributed by atoms with E-state index in [1.165, 1.54) is 6.07 Å². The van der Waals surface area contributed by atoms with Gasteiger partial charge < -0.3 is 4.90 Å². The van der Waals surface area contributed by atoms with Gasteiger partial charge in [-0.25, -0.2) is 4.39 Å². The zero-order chi connectivity index (χ0) is 20.2. The largest absolute Gasteiger partial charge is 0.330 e. The van der Waals surface area contributed by atoms with Crippen LogP contribution >= 0.6 is 0 Å². The summed E-state index contributed by atoms with van der Waals surface area (Å²) in [5.74, 6) is -0.282. The molecule has 1 amide bonds. The van der Waals surface area contributed by atoms with Crippen molar-refractivity contribution in [2.75, 3.05) is 6.54 Å². The van der Waals surface area contributed by atoms with Crippen molar-refractivity contribution in [1.29, 1.82) is 0 Å². The number of nitrogens with zero attached hydrogens (tertiary/aromatic N) is 5. The van der Waals surface area contributed by atoms with Crippen molar-refractivity contribution in [3.8, 4) is 11.3 Å². The van der Waals surface area contributed by atoms with E-state index in [-0.39, 0.29) is 17.8 Å². The molecule has 0 spiro atoms. The van der Waals surface area contributed by atoms with E-state index in [9.17, 15) is 9.18 Å². The SMILES string of the molecule is Cc1cc(F)cc(-c2c3c(nn2C)[C@H](C)N(C(=O)c2cnn(C)c2C)CC3)c1. The Morgan fingerprint density at radius 2 is 1.93 bits per heavy atom. The number of hydrogen-bond donors (Lipinski definition) is 0. The summed E-state index contributed by atoms with van der Waals surface area (Å²) in [4.78, 5) is 14.9. The lowest BCUT2D eigenvalue weighted by atomic mass is 9.94. The van der Waals surface area contributed by atoms with Gasteiger partial charge in [-0.3, -0.25) is 14.2 Å². The number of aryl methyl sites for hydroxylation is 3. The van der Waals surface area contributed by atoms with Gasteiger partial charge >= 0.3 is 0 Å². The summed E-state index contributed by atoms with van der Waals surface area (Å²) in [5, 5.41) is 8.89. The number of halogens is 1. The molecule has 6 nitrogen and oxygen atoms in total. The van der Waals surface area contributed by atoms with Gasteiger partial charge in [-0.15, -0.1) is 0 Å². The van der Waals surface area contributed by atoms with E-state index in [1.54, 1.807) is 21.6 Å². The molecule has 28 heavy (non-hydrogen) atoms. The van der Waals surface area contributed by atoms with Gasteiger partial charge in [0.05, 0.1) is 29.2 Å². The number of rotatable bonds is 2. The molecule has 2 aromatic heterocycles.